The van der Waals surface area contributed by atoms with Crippen LogP contribution in [0, 0.1) is 18.7 Å². The van der Waals surface area contributed by atoms with Gasteiger partial charge in [0.25, 0.3) is 0 Å². The third-order valence-electron chi connectivity index (χ3n) is 2.33. The van der Waals surface area contributed by atoms with Crippen molar-refractivity contribution in [2.75, 3.05) is 0 Å². The summed E-state index contributed by atoms with van der Waals surface area (Å²) in [7, 11) is 0. The molecule has 86 valence electrons. The van der Waals surface area contributed by atoms with Crippen molar-refractivity contribution in [3.8, 4) is 5.75 Å². The Kier molecular flexibility index (Phi) is 3.42. The molecule has 0 heterocycles. The van der Waals surface area contributed by atoms with Crippen molar-refractivity contribution < 1.29 is 19.1 Å². The van der Waals surface area contributed by atoms with E-state index >= 15 is 0 Å². The maximum absolute atomic E-state index is 13.2. The van der Waals surface area contributed by atoms with Crippen LogP contribution in [0.3, 0.4) is 0 Å². The summed E-state index contributed by atoms with van der Waals surface area (Å²) in [4.78, 5) is 23.0. The summed E-state index contributed by atoms with van der Waals surface area (Å²) < 4.78 is 13.2. The number of ketones is 2. The molecule has 0 aromatic heterocycles. The third kappa shape index (κ3) is 2.27. The number of halogens is 1. The fraction of sp³-hybridized carbons (Fsp3) is 0.333. The Labute approximate surface area is 92.9 Å². The van der Waals surface area contributed by atoms with Gasteiger partial charge in [0, 0.05) is 17.0 Å². The van der Waals surface area contributed by atoms with E-state index in [1.165, 1.54) is 6.92 Å². The van der Waals surface area contributed by atoms with Crippen LogP contribution in [0.15, 0.2) is 12.1 Å². The molecule has 0 bridgehead atoms. The second kappa shape index (κ2) is 4.43. The van der Waals surface area contributed by atoms with Gasteiger partial charge >= 0.3 is 0 Å². The van der Waals surface area contributed by atoms with E-state index in [2.05, 4.69) is 0 Å². The number of hydrogen-bond acceptors (Lipinski definition) is 3. The number of aromatic hydroxyl groups is 1. The SMILES string of the molecule is Cc1c(O)cc(C(=O)C(=O)C(C)C)cc1F. The Balaban J connectivity index is 3.16. The quantitative estimate of drug-likeness (QED) is 0.632. The van der Waals surface area contributed by atoms with Crippen molar-refractivity contribution in [2.45, 2.75) is 20.8 Å². The lowest BCUT2D eigenvalue weighted by atomic mass is 9.98. The van der Waals surface area contributed by atoms with E-state index in [1.807, 2.05) is 0 Å². The lowest BCUT2D eigenvalue weighted by molar-refractivity contribution is -0.117. The average Bonchev–Trinajstić information content (AvgIpc) is 2.22. The van der Waals surface area contributed by atoms with E-state index in [9.17, 15) is 19.1 Å². The predicted octanol–water partition coefficient (Wildman–Crippen LogP) is 2.25. The molecule has 0 aliphatic heterocycles. The first kappa shape index (κ1) is 12.4. The first-order valence-electron chi connectivity index (χ1n) is 4.92. The molecule has 3 nitrogen and oxygen atoms in total. The van der Waals surface area contributed by atoms with Gasteiger partial charge in [-0.1, -0.05) is 13.8 Å². The van der Waals surface area contributed by atoms with Crippen molar-refractivity contribution in [3.05, 3.63) is 29.1 Å². The number of hydrogen-bond donors (Lipinski definition) is 1. The molecule has 0 atom stereocenters. The molecule has 1 aromatic carbocycles. The topological polar surface area (TPSA) is 54.4 Å². The summed E-state index contributed by atoms with van der Waals surface area (Å²) in [6.45, 7) is 4.57. The van der Waals surface area contributed by atoms with Gasteiger partial charge < -0.3 is 5.11 Å². The van der Waals surface area contributed by atoms with Crippen molar-refractivity contribution >= 4 is 11.6 Å². The maximum Gasteiger partial charge on any atom is 0.229 e. The van der Waals surface area contributed by atoms with Gasteiger partial charge in [-0.15, -0.1) is 0 Å². The van der Waals surface area contributed by atoms with Crippen molar-refractivity contribution in [2.24, 2.45) is 5.92 Å². The van der Waals surface area contributed by atoms with Crippen LogP contribution in [-0.4, -0.2) is 16.7 Å². The number of rotatable bonds is 3. The molecule has 16 heavy (non-hydrogen) atoms. The highest BCUT2D eigenvalue weighted by Crippen LogP contribution is 2.22. The molecule has 0 spiro atoms. The van der Waals surface area contributed by atoms with E-state index in [0.717, 1.165) is 12.1 Å². The zero-order valence-corrected chi connectivity index (χ0v) is 9.37. The normalized spacial score (nSPS) is 10.6. The highest BCUT2D eigenvalue weighted by Gasteiger charge is 2.21. The summed E-state index contributed by atoms with van der Waals surface area (Å²) in [5.74, 6) is -2.83. The molecule has 0 unspecified atom stereocenters. The summed E-state index contributed by atoms with van der Waals surface area (Å²) in [5.41, 5.74) is -0.0483. The molecule has 4 heteroatoms. The fourth-order valence-electron chi connectivity index (χ4n) is 1.20. The van der Waals surface area contributed by atoms with Crippen LogP contribution in [0.2, 0.25) is 0 Å². The molecule has 1 N–H and O–H groups in total. The molecule has 0 radical (unpaired) electrons. The minimum atomic E-state index is -0.774. The van der Waals surface area contributed by atoms with Gasteiger partial charge in [0.15, 0.2) is 0 Å². The Morgan fingerprint density at radius 2 is 1.88 bits per heavy atom. The maximum atomic E-state index is 13.2. The van der Waals surface area contributed by atoms with E-state index in [-0.39, 0.29) is 16.9 Å². The van der Waals surface area contributed by atoms with E-state index in [4.69, 9.17) is 0 Å². The molecular weight excluding hydrogens is 211 g/mol. The van der Waals surface area contributed by atoms with Gasteiger partial charge in [0.2, 0.25) is 11.6 Å². The first-order chi connectivity index (χ1) is 7.34. The average molecular weight is 224 g/mol. The number of carbonyl (C=O) groups excluding carboxylic acids is 2. The van der Waals surface area contributed by atoms with Crippen LogP contribution in [0.1, 0.15) is 29.8 Å². The summed E-state index contributed by atoms with van der Waals surface area (Å²) in [5, 5.41) is 9.35. The Morgan fingerprint density at radius 1 is 1.31 bits per heavy atom. The number of benzene rings is 1. The molecular formula is C12H13FO3. The fourth-order valence-corrected chi connectivity index (χ4v) is 1.20. The zero-order chi connectivity index (χ0) is 12.5. The highest BCUT2D eigenvalue weighted by molar-refractivity contribution is 6.44. The molecule has 1 rings (SSSR count). The molecule has 0 saturated heterocycles. The molecule has 0 aliphatic carbocycles. The zero-order valence-electron chi connectivity index (χ0n) is 9.37. The van der Waals surface area contributed by atoms with E-state index < -0.39 is 23.3 Å². The van der Waals surface area contributed by atoms with Gasteiger partial charge in [-0.3, -0.25) is 9.59 Å². The van der Waals surface area contributed by atoms with Crippen molar-refractivity contribution in [1.29, 1.82) is 0 Å². The number of phenolic OH excluding ortho intramolecular Hbond substituents is 1. The van der Waals surface area contributed by atoms with Gasteiger partial charge in [0.1, 0.15) is 11.6 Å². The predicted molar refractivity (Wildman–Crippen MR) is 57.0 cm³/mol. The first-order valence-corrected chi connectivity index (χ1v) is 4.92. The van der Waals surface area contributed by atoms with E-state index in [0.29, 0.717) is 0 Å². The highest BCUT2D eigenvalue weighted by atomic mass is 19.1. The summed E-state index contributed by atoms with van der Waals surface area (Å²) in [6.07, 6.45) is 0. The third-order valence-corrected chi connectivity index (χ3v) is 2.33. The molecule has 0 fully saturated rings. The molecule has 0 saturated carbocycles. The Bertz CT molecular complexity index is 427. The smallest absolute Gasteiger partial charge is 0.229 e. The van der Waals surface area contributed by atoms with Crippen LogP contribution in [0.4, 0.5) is 4.39 Å². The monoisotopic (exact) mass is 224 g/mol. The Hall–Kier alpha value is -1.71. The second-order valence-electron chi connectivity index (χ2n) is 3.95. The van der Waals surface area contributed by atoms with E-state index in [1.54, 1.807) is 13.8 Å². The Morgan fingerprint density at radius 3 is 2.31 bits per heavy atom. The van der Waals surface area contributed by atoms with Crippen LogP contribution in [-0.2, 0) is 4.79 Å². The molecule has 0 aliphatic rings. The minimum absolute atomic E-state index is 0.0635. The van der Waals surface area contributed by atoms with Gasteiger partial charge in [-0.2, -0.15) is 0 Å². The van der Waals surface area contributed by atoms with Crippen LogP contribution < -0.4 is 0 Å². The van der Waals surface area contributed by atoms with Crippen LogP contribution in [0.25, 0.3) is 0 Å². The lowest BCUT2D eigenvalue weighted by Crippen LogP contribution is -2.19. The summed E-state index contributed by atoms with van der Waals surface area (Å²) in [6, 6.07) is 2.08. The number of phenols is 1. The van der Waals surface area contributed by atoms with Crippen molar-refractivity contribution in [3.63, 3.8) is 0 Å². The second-order valence-corrected chi connectivity index (χ2v) is 3.95. The minimum Gasteiger partial charge on any atom is -0.508 e. The summed E-state index contributed by atoms with van der Waals surface area (Å²) >= 11 is 0. The van der Waals surface area contributed by atoms with Crippen LogP contribution in [0.5, 0.6) is 5.75 Å². The number of Topliss-reactive ketones (excluding diaryl/α,β-unsaturated/α-hetero) is 2. The largest absolute Gasteiger partial charge is 0.508 e. The van der Waals surface area contributed by atoms with Crippen LogP contribution >= 0.6 is 0 Å². The molecule has 0 amide bonds. The molecule has 1 aromatic rings. The number of carbonyl (C=O) groups is 2. The van der Waals surface area contributed by atoms with Crippen molar-refractivity contribution in [1.82, 2.24) is 0 Å². The van der Waals surface area contributed by atoms with Gasteiger partial charge in [-0.05, 0) is 19.1 Å². The standard InChI is InChI=1S/C12H13FO3/c1-6(2)11(15)12(16)8-4-9(13)7(3)10(14)5-8/h4-6,14H,1-3H3. The van der Waals surface area contributed by atoms with Gasteiger partial charge in [-0.25, -0.2) is 4.39 Å². The van der Waals surface area contributed by atoms with Gasteiger partial charge in [0.05, 0.1) is 0 Å². The lowest BCUT2D eigenvalue weighted by Gasteiger charge is -2.06.